The molecule has 0 amide bonds. The fourth-order valence-electron chi connectivity index (χ4n) is 11.3. The van der Waals surface area contributed by atoms with Crippen molar-refractivity contribution in [3.63, 3.8) is 0 Å². The van der Waals surface area contributed by atoms with Crippen LogP contribution in [0.25, 0.3) is 0 Å². The fourth-order valence-corrected chi connectivity index (χ4v) is 11.3. The molecule has 5 rings (SSSR count). The minimum atomic E-state index is -0.131. The van der Waals surface area contributed by atoms with Gasteiger partial charge in [-0.15, -0.1) is 0 Å². The van der Waals surface area contributed by atoms with Crippen molar-refractivity contribution in [2.24, 2.45) is 56.7 Å². The molecule has 5 aliphatic carbocycles. The van der Waals surface area contributed by atoms with Crippen LogP contribution in [0.4, 0.5) is 0 Å². The van der Waals surface area contributed by atoms with E-state index in [9.17, 15) is 4.79 Å². The van der Waals surface area contributed by atoms with Crippen LogP contribution in [0.15, 0.2) is 12.2 Å². The van der Waals surface area contributed by atoms with Crippen molar-refractivity contribution in [1.82, 2.24) is 0 Å². The summed E-state index contributed by atoms with van der Waals surface area (Å²) >= 11 is 0. The van der Waals surface area contributed by atoms with Crippen LogP contribution in [0.2, 0.25) is 0 Å². The molecule has 5 aliphatic rings. The molecule has 0 aliphatic heterocycles. The molecule has 0 heterocycles. The summed E-state index contributed by atoms with van der Waals surface area (Å²) in [7, 11) is 0. The number of hydrogen-bond acceptors (Lipinski definition) is 1. The maximum absolute atomic E-state index is 12.9. The Morgan fingerprint density at radius 1 is 0.806 bits per heavy atom. The minimum Gasteiger partial charge on any atom is -0.299 e. The lowest BCUT2D eigenvalue weighted by Crippen LogP contribution is -2.66. The van der Waals surface area contributed by atoms with E-state index >= 15 is 0 Å². The summed E-state index contributed by atoms with van der Waals surface area (Å²) in [5.74, 6) is 4.33. The van der Waals surface area contributed by atoms with Crippen molar-refractivity contribution in [3.05, 3.63) is 12.2 Å². The Hall–Kier alpha value is -0.590. The molecule has 5 saturated carbocycles. The standard InChI is InChI=1S/C30H48O/c1-19(2)20-11-14-27(5)17-18-29(7)21(25(20)27)9-10-23-28(6)15-13-24(31)26(3,4)22(28)12-16-30(23,29)8/h20-23,25H,1,9-18H2,2-8H3/t20-,21+,22-,23+,25+,27+,28-,29+,30-/m0/s1. The average Bonchev–Trinajstić information content (AvgIpc) is 3.04. The molecule has 0 spiro atoms. The number of fused-ring (bicyclic) bond motifs is 7. The highest BCUT2D eigenvalue weighted by atomic mass is 16.1. The monoisotopic (exact) mass is 424 g/mol. The van der Waals surface area contributed by atoms with E-state index in [4.69, 9.17) is 0 Å². The third kappa shape index (κ3) is 2.59. The van der Waals surface area contributed by atoms with E-state index in [1.165, 1.54) is 56.9 Å². The Kier molecular flexibility index (Phi) is 4.66. The van der Waals surface area contributed by atoms with Gasteiger partial charge in [-0.25, -0.2) is 0 Å². The van der Waals surface area contributed by atoms with E-state index in [1.54, 1.807) is 0 Å². The second-order valence-corrected chi connectivity index (χ2v) is 14.5. The number of Topliss-reactive ketones (excluding diaryl/α,β-unsaturated/α-hetero) is 1. The smallest absolute Gasteiger partial charge is 0.138 e. The molecule has 0 saturated heterocycles. The van der Waals surface area contributed by atoms with E-state index in [1.807, 2.05) is 0 Å². The predicted octanol–water partition coefficient (Wildman–Crippen LogP) is 8.23. The third-order valence-electron chi connectivity index (χ3n) is 13.2. The van der Waals surface area contributed by atoms with Gasteiger partial charge in [0.25, 0.3) is 0 Å². The zero-order chi connectivity index (χ0) is 22.6. The van der Waals surface area contributed by atoms with Gasteiger partial charge in [-0.2, -0.15) is 0 Å². The maximum Gasteiger partial charge on any atom is 0.138 e. The topological polar surface area (TPSA) is 17.1 Å². The molecule has 1 nitrogen and oxygen atoms in total. The third-order valence-corrected chi connectivity index (χ3v) is 13.2. The number of ketones is 1. The lowest BCUT2D eigenvalue weighted by atomic mass is 9.32. The van der Waals surface area contributed by atoms with Crippen molar-refractivity contribution in [2.75, 3.05) is 0 Å². The zero-order valence-electron chi connectivity index (χ0n) is 21.6. The Morgan fingerprint density at radius 2 is 1.52 bits per heavy atom. The molecule has 31 heavy (non-hydrogen) atoms. The number of allylic oxidation sites excluding steroid dienone is 1. The lowest BCUT2D eigenvalue weighted by molar-refractivity contribution is -0.232. The van der Waals surface area contributed by atoms with Crippen LogP contribution < -0.4 is 0 Å². The number of rotatable bonds is 1. The van der Waals surface area contributed by atoms with Gasteiger partial charge in [-0.05, 0) is 116 Å². The molecule has 0 bridgehead atoms. The van der Waals surface area contributed by atoms with Crippen LogP contribution >= 0.6 is 0 Å². The summed E-state index contributed by atoms with van der Waals surface area (Å²) < 4.78 is 0. The van der Waals surface area contributed by atoms with Gasteiger partial charge in [0.2, 0.25) is 0 Å². The summed E-state index contributed by atoms with van der Waals surface area (Å²) in [6.07, 6.45) is 13.0. The molecule has 0 unspecified atom stereocenters. The zero-order valence-corrected chi connectivity index (χ0v) is 21.6. The highest BCUT2D eigenvalue weighted by Gasteiger charge is 2.70. The highest BCUT2D eigenvalue weighted by molar-refractivity contribution is 5.85. The van der Waals surface area contributed by atoms with Gasteiger partial charge in [0.1, 0.15) is 5.78 Å². The van der Waals surface area contributed by atoms with Crippen LogP contribution in [-0.4, -0.2) is 5.78 Å². The minimum absolute atomic E-state index is 0.131. The summed E-state index contributed by atoms with van der Waals surface area (Å²) in [5.41, 5.74) is 3.06. The van der Waals surface area contributed by atoms with Crippen LogP contribution in [-0.2, 0) is 4.79 Å². The Morgan fingerprint density at radius 3 is 2.19 bits per heavy atom. The molecular weight excluding hydrogens is 376 g/mol. The first-order valence-corrected chi connectivity index (χ1v) is 13.5. The van der Waals surface area contributed by atoms with Gasteiger partial charge in [-0.3, -0.25) is 4.79 Å². The van der Waals surface area contributed by atoms with E-state index in [0.717, 1.165) is 36.5 Å². The summed E-state index contributed by atoms with van der Waals surface area (Å²) in [4.78, 5) is 12.9. The van der Waals surface area contributed by atoms with E-state index in [-0.39, 0.29) is 5.41 Å². The average molecular weight is 425 g/mol. The molecule has 0 aromatic rings. The molecule has 0 aromatic carbocycles. The van der Waals surface area contributed by atoms with Crippen molar-refractivity contribution < 1.29 is 4.79 Å². The Bertz CT molecular complexity index is 807. The van der Waals surface area contributed by atoms with Crippen molar-refractivity contribution in [3.8, 4) is 0 Å². The van der Waals surface area contributed by atoms with Crippen LogP contribution in [0, 0.1) is 56.7 Å². The van der Waals surface area contributed by atoms with Crippen LogP contribution in [0.5, 0.6) is 0 Å². The molecule has 0 radical (unpaired) electrons. The first-order valence-electron chi connectivity index (χ1n) is 13.5. The molecular formula is C30H48O. The Balaban J connectivity index is 1.55. The van der Waals surface area contributed by atoms with E-state index in [0.29, 0.717) is 33.4 Å². The predicted molar refractivity (Wildman–Crippen MR) is 130 cm³/mol. The first kappa shape index (κ1) is 22.2. The van der Waals surface area contributed by atoms with Crippen LogP contribution in [0.1, 0.15) is 113 Å². The quantitative estimate of drug-likeness (QED) is 0.387. The van der Waals surface area contributed by atoms with Gasteiger partial charge < -0.3 is 0 Å². The van der Waals surface area contributed by atoms with E-state index in [2.05, 4.69) is 55.0 Å². The number of carbonyl (C=O) groups excluding carboxylic acids is 1. The van der Waals surface area contributed by atoms with Crippen LogP contribution in [0.3, 0.4) is 0 Å². The molecule has 0 N–H and O–H groups in total. The first-order chi connectivity index (χ1) is 14.3. The lowest BCUT2D eigenvalue weighted by Gasteiger charge is -2.72. The highest BCUT2D eigenvalue weighted by Crippen LogP contribution is 2.77. The molecule has 174 valence electrons. The molecule has 0 aromatic heterocycles. The second-order valence-electron chi connectivity index (χ2n) is 14.5. The van der Waals surface area contributed by atoms with Gasteiger partial charge in [0.05, 0.1) is 0 Å². The van der Waals surface area contributed by atoms with Crippen molar-refractivity contribution in [2.45, 2.75) is 113 Å². The van der Waals surface area contributed by atoms with E-state index < -0.39 is 0 Å². The summed E-state index contributed by atoms with van der Waals surface area (Å²) in [5, 5.41) is 0. The van der Waals surface area contributed by atoms with Gasteiger partial charge in [0, 0.05) is 11.8 Å². The maximum atomic E-state index is 12.9. The van der Waals surface area contributed by atoms with Crippen molar-refractivity contribution in [1.29, 1.82) is 0 Å². The SMILES string of the molecule is C=C(C)[C@@H]1CC[C@]2(C)CC[C@]3(C)[C@H](CC[C@@H]4[C@@]5(C)CCC(=O)C(C)(C)[C@@H]5CC[C@@]43C)[C@@H]12. The Labute approximate surface area is 192 Å². The molecule has 9 atom stereocenters. The number of hydrogen-bond donors (Lipinski definition) is 0. The largest absolute Gasteiger partial charge is 0.299 e. The summed E-state index contributed by atoms with van der Waals surface area (Å²) in [6.45, 7) is 22.0. The molecule has 5 fully saturated rings. The van der Waals surface area contributed by atoms with Gasteiger partial charge in [-0.1, -0.05) is 53.7 Å². The second kappa shape index (κ2) is 6.50. The molecule has 1 heteroatoms. The fraction of sp³-hybridized carbons (Fsp3) is 0.900. The van der Waals surface area contributed by atoms with Gasteiger partial charge >= 0.3 is 0 Å². The summed E-state index contributed by atoms with van der Waals surface area (Å²) in [6, 6.07) is 0. The van der Waals surface area contributed by atoms with Crippen molar-refractivity contribution >= 4 is 5.78 Å². The van der Waals surface area contributed by atoms with Gasteiger partial charge in [0.15, 0.2) is 0 Å². The number of carbonyl (C=O) groups is 1. The normalized spacial score (nSPS) is 55.6.